The van der Waals surface area contributed by atoms with Crippen molar-refractivity contribution in [3.63, 3.8) is 0 Å². The van der Waals surface area contributed by atoms with Gasteiger partial charge in [0.25, 0.3) is 0 Å². The van der Waals surface area contributed by atoms with Crippen LogP contribution in [0.1, 0.15) is 36.1 Å². The summed E-state index contributed by atoms with van der Waals surface area (Å²) in [4.78, 5) is 0. The molecule has 0 amide bonds. The van der Waals surface area contributed by atoms with E-state index >= 15 is 0 Å². The van der Waals surface area contributed by atoms with E-state index in [-0.39, 0.29) is 6.10 Å². The van der Waals surface area contributed by atoms with Gasteiger partial charge in [0.2, 0.25) is 0 Å². The molecule has 1 unspecified atom stereocenters. The maximum atomic E-state index is 6.04. The molecule has 0 heterocycles. The van der Waals surface area contributed by atoms with E-state index < -0.39 is 0 Å². The first-order valence-corrected chi connectivity index (χ1v) is 7.25. The molecular weight excluding hydrogens is 246 g/mol. The van der Waals surface area contributed by atoms with Gasteiger partial charge in [0.15, 0.2) is 0 Å². The molecule has 2 N–H and O–H groups in total. The van der Waals surface area contributed by atoms with Gasteiger partial charge >= 0.3 is 0 Å². The number of hydrogen-bond donors (Lipinski definition) is 1. The highest BCUT2D eigenvalue weighted by Gasteiger charge is 2.13. The summed E-state index contributed by atoms with van der Waals surface area (Å²) in [5.41, 5.74) is 9.59. The summed E-state index contributed by atoms with van der Waals surface area (Å²) in [5.74, 6) is 0.878. The first-order chi connectivity index (χ1) is 9.74. The number of ether oxygens (including phenoxy) is 1. The zero-order chi connectivity index (χ0) is 14.4. The number of hydrogen-bond acceptors (Lipinski definition) is 2. The minimum absolute atomic E-state index is 0.0896. The highest BCUT2D eigenvalue weighted by atomic mass is 16.5. The molecule has 2 heteroatoms. The molecule has 0 aliphatic rings. The summed E-state index contributed by atoms with van der Waals surface area (Å²) in [6.07, 6.45) is 2.18. The predicted octanol–water partition coefficient (Wildman–Crippen LogP) is 4.03. The second-order valence-electron chi connectivity index (χ2n) is 5.09. The molecule has 2 aromatic carbocycles. The first kappa shape index (κ1) is 14.6. The van der Waals surface area contributed by atoms with Gasteiger partial charge in [-0.15, -0.1) is 0 Å². The summed E-state index contributed by atoms with van der Waals surface area (Å²) in [6.45, 7) is 4.75. The third kappa shape index (κ3) is 3.61. The van der Waals surface area contributed by atoms with Crippen molar-refractivity contribution >= 4 is 0 Å². The molecule has 0 saturated heterocycles. The van der Waals surface area contributed by atoms with Crippen LogP contribution in [0.4, 0.5) is 0 Å². The van der Waals surface area contributed by atoms with Crippen LogP contribution in [0, 0.1) is 6.92 Å². The van der Waals surface area contributed by atoms with Crippen molar-refractivity contribution in [3.05, 3.63) is 65.2 Å². The van der Waals surface area contributed by atoms with Crippen molar-refractivity contribution in [2.24, 2.45) is 5.73 Å². The second-order valence-corrected chi connectivity index (χ2v) is 5.09. The highest BCUT2D eigenvalue weighted by Crippen LogP contribution is 2.24. The van der Waals surface area contributed by atoms with Crippen LogP contribution >= 0.6 is 0 Å². The molecule has 2 rings (SSSR count). The molecule has 2 aromatic rings. The van der Waals surface area contributed by atoms with Crippen LogP contribution in [-0.4, -0.2) is 6.54 Å². The lowest BCUT2D eigenvalue weighted by Crippen LogP contribution is -2.19. The Kier molecular flexibility index (Phi) is 5.19. The van der Waals surface area contributed by atoms with Gasteiger partial charge < -0.3 is 10.5 Å². The lowest BCUT2D eigenvalue weighted by atomic mass is 10.0. The van der Waals surface area contributed by atoms with Crippen LogP contribution < -0.4 is 10.5 Å². The van der Waals surface area contributed by atoms with Gasteiger partial charge in [-0.05, 0) is 42.2 Å². The minimum atomic E-state index is -0.0896. The number of benzene rings is 2. The van der Waals surface area contributed by atoms with Gasteiger partial charge in [-0.3, -0.25) is 0 Å². The molecular formula is C18H23NO. The molecule has 0 saturated carbocycles. The Balaban J connectivity index is 2.12. The zero-order valence-corrected chi connectivity index (χ0v) is 12.3. The molecule has 0 bridgehead atoms. The van der Waals surface area contributed by atoms with Gasteiger partial charge in [-0.25, -0.2) is 0 Å². The number of rotatable bonds is 6. The summed E-state index contributed by atoms with van der Waals surface area (Å²) >= 11 is 0. The van der Waals surface area contributed by atoms with Gasteiger partial charge in [0.1, 0.15) is 11.9 Å². The lowest BCUT2D eigenvalue weighted by molar-refractivity contribution is 0.213. The second kappa shape index (κ2) is 7.11. The molecule has 2 nitrogen and oxygen atoms in total. The Labute approximate surface area is 121 Å². The van der Waals surface area contributed by atoms with Crippen molar-refractivity contribution in [3.8, 4) is 5.75 Å². The van der Waals surface area contributed by atoms with Crippen molar-refractivity contribution in [2.45, 2.75) is 32.8 Å². The fourth-order valence-corrected chi connectivity index (χ4v) is 2.37. The Morgan fingerprint density at radius 2 is 1.75 bits per heavy atom. The fraction of sp³-hybridized carbons (Fsp3) is 0.333. The standard InChI is InChI=1S/C18H23NO/c1-3-6-15-9-11-16(12-10-15)20-18(13-19)17-8-5-4-7-14(17)2/h4-5,7-12,18H,3,6,13,19H2,1-2H3. The molecule has 1 atom stereocenters. The Morgan fingerprint density at radius 3 is 2.35 bits per heavy atom. The van der Waals surface area contributed by atoms with E-state index in [1.54, 1.807) is 0 Å². The van der Waals surface area contributed by atoms with E-state index in [0.29, 0.717) is 6.54 Å². The molecule has 0 aromatic heterocycles. The molecule has 0 radical (unpaired) electrons. The molecule has 0 aliphatic heterocycles. The van der Waals surface area contributed by atoms with Gasteiger partial charge in [0, 0.05) is 6.54 Å². The van der Waals surface area contributed by atoms with Crippen LogP contribution in [-0.2, 0) is 6.42 Å². The lowest BCUT2D eigenvalue weighted by Gasteiger charge is -2.20. The van der Waals surface area contributed by atoms with Gasteiger partial charge in [-0.1, -0.05) is 49.7 Å². The Bertz CT molecular complexity index is 533. The summed E-state index contributed by atoms with van der Waals surface area (Å²) in [6, 6.07) is 16.6. The smallest absolute Gasteiger partial charge is 0.136 e. The fourth-order valence-electron chi connectivity index (χ4n) is 2.37. The van der Waals surface area contributed by atoms with Crippen molar-refractivity contribution in [1.82, 2.24) is 0 Å². The highest BCUT2D eigenvalue weighted by molar-refractivity contribution is 5.31. The van der Waals surface area contributed by atoms with E-state index in [4.69, 9.17) is 10.5 Å². The Morgan fingerprint density at radius 1 is 1.05 bits per heavy atom. The van der Waals surface area contributed by atoms with Gasteiger partial charge in [-0.2, -0.15) is 0 Å². The van der Waals surface area contributed by atoms with Gasteiger partial charge in [0.05, 0.1) is 0 Å². The summed E-state index contributed by atoms with van der Waals surface area (Å²) in [7, 11) is 0. The van der Waals surface area contributed by atoms with E-state index in [1.807, 2.05) is 24.3 Å². The largest absolute Gasteiger partial charge is 0.484 e. The molecule has 0 spiro atoms. The average Bonchev–Trinajstić information content (AvgIpc) is 2.48. The Hall–Kier alpha value is -1.80. The first-order valence-electron chi connectivity index (χ1n) is 7.25. The minimum Gasteiger partial charge on any atom is -0.484 e. The monoisotopic (exact) mass is 269 g/mol. The maximum absolute atomic E-state index is 6.04. The zero-order valence-electron chi connectivity index (χ0n) is 12.3. The SMILES string of the molecule is CCCc1ccc(OC(CN)c2ccccc2C)cc1. The van der Waals surface area contributed by atoms with E-state index in [2.05, 4.69) is 38.1 Å². The van der Waals surface area contributed by atoms with Crippen molar-refractivity contribution in [2.75, 3.05) is 6.54 Å². The van der Waals surface area contributed by atoms with Crippen LogP contribution in [0.3, 0.4) is 0 Å². The summed E-state index contributed by atoms with van der Waals surface area (Å²) < 4.78 is 6.04. The van der Waals surface area contributed by atoms with Crippen LogP contribution in [0.5, 0.6) is 5.75 Å². The molecule has 0 aliphatic carbocycles. The quantitative estimate of drug-likeness (QED) is 0.859. The maximum Gasteiger partial charge on any atom is 0.136 e. The summed E-state index contributed by atoms with van der Waals surface area (Å²) in [5, 5.41) is 0. The predicted molar refractivity (Wildman–Crippen MR) is 84.0 cm³/mol. The number of nitrogens with two attached hydrogens (primary N) is 1. The topological polar surface area (TPSA) is 35.2 Å². The van der Waals surface area contributed by atoms with Crippen LogP contribution in [0.15, 0.2) is 48.5 Å². The third-order valence-corrected chi connectivity index (χ3v) is 3.49. The van der Waals surface area contributed by atoms with Crippen LogP contribution in [0.25, 0.3) is 0 Å². The molecule has 0 fully saturated rings. The van der Waals surface area contributed by atoms with E-state index in [0.717, 1.165) is 24.2 Å². The van der Waals surface area contributed by atoms with E-state index in [9.17, 15) is 0 Å². The molecule has 106 valence electrons. The average molecular weight is 269 g/mol. The molecule has 20 heavy (non-hydrogen) atoms. The normalized spacial score (nSPS) is 12.2. The van der Waals surface area contributed by atoms with Crippen LogP contribution in [0.2, 0.25) is 0 Å². The third-order valence-electron chi connectivity index (χ3n) is 3.49. The number of aryl methyl sites for hydroxylation is 2. The van der Waals surface area contributed by atoms with Crippen molar-refractivity contribution in [1.29, 1.82) is 0 Å². The van der Waals surface area contributed by atoms with Crippen molar-refractivity contribution < 1.29 is 4.74 Å². The van der Waals surface area contributed by atoms with E-state index in [1.165, 1.54) is 11.1 Å².